The van der Waals surface area contributed by atoms with Crippen molar-refractivity contribution in [3.63, 3.8) is 0 Å². The molecule has 1 aliphatic heterocycles. The highest BCUT2D eigenvalue weighted by atomic mass is 35.5. The fraction of sp³-hybridized carbons (Fsp3) is 0.536. The molecule has 1 fully saturated rings. The van der Waals surface area contributed by atoms with Crippen LogP contribution in [0.25, 0.3) is 0 Å². The van der Waals surface area contributed by atoms with Gasteiger partial charge in [-0.05, 0) is 88.1 Å². The maximum absolute atomic E-state index is 13.7. The topological polar surface area (TPSA) is 115 Å². The smallest absolute Gasteiger partial charge is 0.326 e. The SMILES string of the molecule is O=C(NC(CCN(CCCCc1ccc2c(n1)NCCC2)CCC1(O)CC1)C(=O)O)c1cccc(F)c1Cl. The number of rotatable bonds is 14. The van der Waals surface area contributed by atoms with Gasteiger partial charge in [0, 0.05) is 25.3 Å². The Balaban J connectivity index is 1.29. The maximum Gasteiger partial charge on any atom is 0.326 e. The number of anilines is 1. The van der Waals surface area contributed by atoms with Crippen LogP contribution >= 0.6 is 11.6 Å². The van der Waals surface area contributed by atoms with Crippen LogP contribution in [0.3, 0.4) is 0 Å². The molecular weight excluding hydrogens is 511 g/mol. The van der Waals surface area contributed by atoms with Gasteiger partial charge in [-0.15, -0.1) is 0 Å². The number of fused-ring (bicyclic) bond motifs is 1. The summed E-state index contributed by atoms with van der Waals surface area (Å²) in [5.41, 5.74) is 1.62. The molecule has 0 saturated heterocycles. The summed E-state index contributed by atoms with van der Waals surface area (Å²) in [7, 11) is 0. The van der Waals surface area contributed by atoms with Gasteiger partial charge in [-0.3, -0.25) is 4.79 Å². The van der Waals surface area contributed by atoms with E-state index < -0.39 is 29.3 Å². The molecule has 1 aromatic heterocycles. The fourth-order valence-electron chi connectivity index (χ4n) is 4.73. The molecule has 2 heterocycles. The van der Waals surface area contributed by atoms with E-state index in [2.05, 4.69) is 27.7 Å². The summed E-state index contributed by atoms with van der Waals surface area (Å²) in [6, 6.07) is 6.95. The number of pyridine rings is 1. The first-order chi connectivity index (χ1) is 18.2. The van der Waals surface area contributed by atoms with Crippen LogP contribution in [-0.4, -0.2) is 69.8 Å². The van der Waals surface area contributed by atoms with Gasteiger partial charge in [0.25, 0.3) is 5.91 Å². The summed E-state index contributed by atoms with van der Waals surface area (Å²) in [6.45, 7) is 2.78. The molecule has 1 unspecified atom stereocenters. The van der Waals surface area contributed by atoms with Crippen LogP contribution in [0.5, 0.6) is 0 Å². The van der Waals surface area contributed by atoms with E-state index in [0.717, 1.165) is 75.6 Å². The first-order valence-corrected chi connectivity index (χ1v) is 13.8. The molecule has 8 nitrogen and oxygen atoms in total. The fourth-order valence-corrected chi connectivity index (χ4v) is 4.94. The summed E-state index contributed by atoms with van der Waals surface area (Å²) < 4.78 is 13.7. The van der Waals surface area contributed by atoms with Gasteiger partial charge >= 0.3 is 5.97 Å². The van der Waals surface area contributed by atoms with Crippen LogP contribution in [0.4, 0.5) is 10.2 Å². The minimum absolute atomic E-state index is 0.100. The number of unbranched alkanes of at least 4 members (excludes halogenated alkanes) is 1. The number of amides is 1. The molecule has 2 aromatic rings. The first kappa shape index (κ1) is 28.3. The zero-order valence-electron chi connectivity index (χ0n) is 21.5. The number of nitrogens with zero attached hydrogens (tertiary/aromatic N) is 2. The normalized spacial score (nSPS) is 16.4. The van der Waals surface area contributed by atoms with Crippen molar-refractivity contribution in [3.8, 4) is 0 Å². The molecule has 0 radical (unpaired) electrons. The van der Waals surface area contributed by atoms with Crippen molar-refractivity contribution in [2.75, 3.05) is 31.5 Å². The van der Waals surface area contributed by atoms with E-state index in [4.69, 9.17) is 16.6 Å². The summed E-state index contributed by atoms with van der Waals surface area (Å²) in [5, 5.41) is 25.5. The van der Waals surface area contributed by atoms with Gasteiger partial charge in [0.15, 0.2) is 0 Å². The number of aliphatic carboxylic acids is 1. The van der Waals surface area contributed by atoms with Gasteiger partial charge in [-0.2, -0.15) is 0 Å². The minimum atomic E-state index is -1.17. The number of aliphatic hydroxyl groups is 1. The molecule has 0 bridgehead atoms. The highest BCUT2D eigenvalue weighted by molar-refractivity contribution is 6.34. The second kappa shape index (κ2) is 12.9. The third kappa shape index (κ3) is 7.88. The van der Waals surface area contributed by atoms with Crippen LogP contribution in [0, 0.1) is 5.82 Å². The Morgan fingerprint density at radius 2 is 2.00 bits per heavy atom. The Morgan fingerprint density at radius 3 is 2.76 bits per heavy atom. The predicted octanol–water partition coefficient (Wildman–Crippen LogP) is 4.05. The number of hydrogen-bond acceptors (Lipinski definition) is 6. The Bertz CT molecular complexity index is 1140. The van der Waals surface area contributed by atoms with E-state index in [1.165, 1.54) is 17.7 Å². The van der Waals surface area contributed by atoms with Gasteiger partial charge < -0.3 is 25.7 Å². The molecule has 10 heteroatoms. The van der Waals surface area contributed by atoms with Crippen molar-refractivity contribution in [1.82, 2.24) is 15.2 Å². The molecule has 1 atom stereocenters. The van der Waals surface area contributed by atoms with Crippen molar-refractivity contribution in [3.05, 3.63) is 58.0 Å². The lowest BCUT2D eigenvalue weighted by Gasteiger charge is -2.25. The molecule has 1 aliphatic carbocycles. The number of nitrogens with one attached hydrogen (secondary N) is 2. The van der Waals surface area contributed by atoms with E-state index in [9.17, 15) is 24.2 Å². The van der Waals surface area contributed by atoms with Crippen molar-refractivity contribution in [1.29, 1.82) is 0 Å². The summed E-state index contributed by atoms with van der Waals surface area (Å²) in [4.78, 5) is 31.4. The Labute approximate surface area is 227 Å². The van der Waals surface area contributed by atoms with Crippen molar-refractivity contribution < 1.29 is 24.2 Å². The lowest BCUT2D eigenvalue weighted by molar-refractivity contribution is -0.139. The number of carboxylic acid groups (broad SMARTS) is 1. The number of carbonyl (C=O) groups excluding carboxylic acids is 1. The Kier molecular flexibility index (Phi) is 9.57. The molecule has 4 rings (SSSR count). The second-order valence-electron chi connectivity index (χ2n) is 10.4. The number of aromatic nitrogens is 1. The first-order valence-electron chi connectivity index (χ1n) is 13.4. The van der Waals surface area contributed by atoms with Crippen LogP contribution in [-0.2, 0) is 17.6 Å². The summed E-state index contributed by atoms with van der Waals surface area (Å²) >= 11 is 5.90. The lowest BCUT2D eigenvalue weighted by Crippen LogP contribution is -2.43. The summed E-state index contributed by atoms with van der Waals surface area (Å²) in [6.07, 6.45) is 7.26. The molecular formula is C28H36ClFN4O4. The molecule has 1 amide bonds. The van der Waals surface area contributed by atoms with E-state index in [1.54, 1.807) is 0 Å². The molecule has 1 aromatic carbocycles. The molecule has 38 heavy (non-hydrogen) atoms. The molecule has 4 N–H and O–H groups in total. The predicted molar refractivity (Wildman–Crippen MR) is 144 cm³/mol. The zero-order chi connectivity index (χ0) is 27.1. The number of carboxylic acids is 1. The van der Waals surface area contributed by atoms with Crippen molar-refractivity contribution >= 4 is 29.3 Å². The number of halogens is 2. The quantitative estimate of drug-likeness (QED) is 0.264. The average Bonchev–Trinajstić information content (AvgIpc) is 3.65. The van der Waals surface area contributed by atoms with E-state index in [0.29, 0.717) is 19.5 Å². The van der Waals surface area contributed by atoms with E-state index in [-0.39, 0.29) is 17.0 Å². The molecule has 206 valence electrons. The average molecular weight is 547 g/mol. The third-order valence-corrected chi connectivity index (χ3v) is 7.75. The number of carbonyl (C=O) groups is 2. The molecule has 2 aliphatic rings. The number of aryl methyl sites for hydroxylation is 2. The minimum Gasteiger partial charge on any atom is -0.480 e. The van der Waals surface area contributed by atoms with Crippen molar-refractivity contribution in [2.45, 2.75) is 69.4 Å². The van der Waals surface area contributed by atoms with Gasteiger partial charge in [0.05, 0.1) is 16.2 Å². The van der Waals surface area contributed by atoms with Gasteiger partial charge in [0.1, 0.15) is 17.7 Å². The molecule has 1 saturated carbocycles. The monoisotopic (exact) mass is 546 g/mol. The summed E-state index contributed by atoms with van der Waals surface area (Å²) in [5.74, 6) is -1.64. The maximum atomic E-state index is 13.7. The number of benzene rings is 1. The van der Waals surface area contributed by atoms with Crippen LogP contribution in [0.15, 0.2) is 30.3 Å². The highest BCUT2D eigenvalue weighted by Crippen LogP contribution is 2.38. The Morgan fingerprint density at radius 1 is 1.18 bits per heavy atom. The van der Waals surface area contributed by atoms with E-state index >= 15 is 0 Å². The zero-order valence-corrected chi connectivity index (χ0v) is 22.3. The number of hydrogen-bond donors (Lipinski definition) is 4. The van der Waals surface area contributed by atoms with Gasteiger partial charge in [0.2, 0.25) is 0 Å². The van der Waals surface area contributed by atoms with Crippen LogP contribution < -0.4 is 10.6 Å². The van der Waals surface area contributed by atoms with Gasteiger partial charge in [-0.1, -0.05) is 23.7 Å². The largest absolute Gasteiger partial charge is 0.480 e. The van der Waals surface area contributed by atoms with Crippen LogP contribution in [0.1, 0.15) is 66.6 Å². The van der Waals surface area contributed by atoms with Crippen LogP contribution in [0.2, 0.25) is 5.02 Å². The standard InChI is InChI=1S/C28H36ClFN4O4/c29-24-21(7-3-8-22(24)30)26(35)33-23(27(36)37)11-17-34(18-14-28(38)12-13-28)16-2-1-6-20-10-9-19-5-4-15-31-25(19)32-20/h3,7-10,23,38H,1-2,4-6,11-18H2,(H,31,32)(H,33,35)(H,36,37). The lowest BCUT2D eigenvalue weighted by atomic mass is 10.1. The highest BCUT2D eigenvalue weighted by Gasteiger charge is 2.40. The van der Waals surface area contributed by atoms with Crippen molar-refractivity contribution in [2.24, 2.45) is 0 Å². The second-order valence-corrected chi connectivity index (χ2v) is 10.7. The van der Waals surface area contributed by atoms with Gasteiger partial charge in [-0.25, -0.2) is 14.2 Å². The Hall–Kier alpha value is -2.75. The third-order valence-electron chi connectivity index (χ3n) is 7.36. The molecule has 0 spiro atoms. The van der Waals surface area contributed by atoms with E-state index in [1.807, 2.05) is 0 Å².